The van der Waals surface area contributed by atoms with Gasteiger partial charge >= 0.3 is 0 Å². The molecule has 3 heterocycles. The van der Waals surface area contributed by atoms with Crippen LogP contribution >= 0.6 is 0 Å². The summed E-state index contributed by atoms with van der Waals surface area (Å²) in [5.41, 5.74) is 3.00. The number of Topliss-reactive ketones (excluding diaryl/α,β-unsaturated/α-hetero) is 1. The van der Waals surface area contributed by atoms with Crippen LogP contribution in [0.2, 0.25) is 0 Å². The summed E-state index contributed by atoms with van der Waals surface area (Å²) in [6, 6.07) is 14.0. The number of aromatic nitrogens is 1. The molecule has 0 spiro atoms. The third-order valence-electron chi connectivity index (χ3n) is 6.62. The summed E-state index contributed by atoms with van der Waals surface area (Å²) in [6.45, 7) is 3.30. The van der Waals surface area contributed by atoms with Crippen molar-refractivity contribution in [2.24, 2.45) is 0 Å². The molecule has 0 aliphatic carbocycles. The summed E-state index contributed by atoms with van der Waals surface area (Å²) in [5.74, 6) is 0.245. The predicted molar refractivity (Wildman–Crippen MR) is 123 cm³/mol. The van der Waals surface area contributed by atoms with Crippen LogP contribution in [0.5, 0.6) is 0 Å². The van der Waals surface area contributed by atoms with Crippen LogP contribution in [0.1, 0.15) is 16.8 Å². The number of benzene rings is 2. The lowest BCUT2D eigenvalue weighted by Crippen LogP contribution is -2.51. The van der Waals surface area contributed by atoms with Crippen molar-refractivity contribution in [3.63, 3.8) is 0 Å². The van der Waals surface area contributed by atoms with Crippen LogP contribution in [0.3, 0.4) is 0 Å². The Kier molecular flexibility index (Phi) is 5.61. The van der Waals surface area contributed by atoms with Gasteiger partial charge in [0.2, 0.25) is 0 Å². The highest BCUT2D eigenvalue weighted by Gasteiger charge is 2.34. The second-order valence-corrected chi connectivity index (χ2v) is 10.9. The Bertz CT molecular complexity index is 1250. The minimum Gasteiger partial charge on any atom is -0.354 e. The second kappa shape index (κ2) is 8.42. The average molecular weight is 456 g/mol. The van der Waals surface area contributed by atoms with Gasteiger partial charge in [-0.2, -0.15) is 0 Å². The fourth-order valence-corrected chi connectivity index (χ4v) is 6.66. The third-order valence-corrected chi connectivity index (χ3v) is 8.37. The smallest absolute Gasteiger partial charge is 0.179 e. The van der Waals surface area contributed by atoms with E-state index in [-0.39, 0.29) is 29.1 Å². The number of aromatic amines is 1. The van der Waals surface area contributed by atoms with Gasteiger partial charge in [0.1, 0.15) is 5.82 Å². The number of carbonyl (C=O) groups is 1. The van der Waals surface area contributed by atoms with Gasteiger partial charge in [-0.25, -0.2) is 12.8 Å². The molecule has 6 nitrogen and oxygen atoms in total. The lowest BCUT2D eigenvalue weighted by Gasteiger charge is -2.37. The summed E-state index contributed by atoms with van der Waals surface area (Å²) >= 11 is 0. The van der Waals surface area contributed by atoms with Crippen LogP contribution < -0.4 is 0 Å². The summed E-state index contributed by atoms with van der Waals surface area (Å²) < 4.78 is 37.0. The number of para-hydroxylation sites is 1. The van der Waals surface area contributed by atoms with Gasteiger partial charge in [-0.05, 0) is 42.3 Å². The number of carbonyl (C=O) groups excluding carboxylic acids is 1. The van der Waals surface area contributed by atoms with Crippen LogP contribution in [0.4, 0.5) is 4.39 Å². The third kappa shape index (κ3) is 4.22. The van der Waals surface area contributed by atoms with E-state index in [0.717, 1.165) is 42.6 Å². The van der Waals surface area contributed by atoms with E-state index in [1.54, 1.807) is 12.1 Å². The van der Waals surface area contributed by atoms with Gasteiger partial charge in [-0.3, -0.25) is 14.6 Å². The van der Waals surface area contributed by atoms with Gasteiger partial charge in [0.05, 0.1) is 29.3 Å². The van der Waals surface area contributed by atoms with Crippen LogP contribution in [0, 0.1) is 5.82 Å². The Morgan fingerprint density at radius 3 is 2.44 bits per heavy atom. The molecule has 1 aromatic heterocycles. The van der Waals surface area contributed by atoms with Gasteiger partial charge in [0, 0.05) is 43.1 Å². The molecule has 0 radical (unpaired) electrons. The zero-order valence-corrected chi connectivity index (χ0v) is 18.6. The molecule has 168 valence electrons. The number of sulfone groups is 1. The van der Waals surface area contributed by atoms with Gasteiger partial charge < -0.3 is 4.98 Å². The zero-order valence-electron chi connectivity index (χ0n) is 17.8. The number of halogens is 1. The molecule has 3 aromatic rings. The molecule has 2 saturated heterocycles. The molecule has 2 aliphatic rings. The van der Waals surface area contributed by atoms with Crippen molar-refractivity contribution >= 4 is 26.5 Å². The van der Waals surface area contributed by atoms with E-state index in [4.69, 9.17) is 0 Å². The molecular weight excluding hydrogens is 429 g/mol. The second-order valence-electron chi connectivity index (χ2n) is 8.72. The molecule has 5 rings (SSSR count). The van der Waals surface area contributed by atoms with E-state index in [9.17, 15) is 17.6 Å². The topological polar surface area (TPSA) is 73.5 Å². The Balaban J connectivity index is 1.33. The molecule has 1 N–H and O–H groups in total. The maximum Gasteiger partial charge on any atom is 0.179 e. The number of hydrogen-bond donors (Lipinski definition) is 1. The normalized spacial score (nSPS) is 21.8. The molecule has 2 aromatic carbocycles. The number of nitrogens with zero attached hydrogens (tertiary/aromatic N) is 2. The van der Waals surface area contributed by atoms with E-state index in [2.05, 4.69) is 14.8 Å². The maximum absolute atomic E-state index is 13.4. The number of piperazine rings is 1. The Morgan fingerprint density at radius 2 is 1.75 bits per heavy atom. The highest BCUT2D eigenvalue weighted by molar-refractivity contribution is 7.91. The minimum absolute atomic E-state index is 0.0265. The van der Waals surface area contributed by atoms with Crippen molar-refractivity contribution in [1.82, 2.24) is 14.8 Å². The first-order valence-corrected chi connectivity index (χ1v) is 12.8. The van der Waals surface area contributed by atoms with Crippen molar-refractivity contribution in [2.75, 3.05) is 44.2 Å². The number of fused-ring (bicyclic) bond motifs is 1. The first kappa shape index (κ1) is 21.3. The minimum atomic E-state index is -2.90. The first-order valence-electron chi connectivity index (χ1n) is 11.0. The van der Waals surface area contributed by atoms with Crippen molar-refractivity contribution in [3.05, 3.63) is 59.9 Å². The molecule has 2 aliphatic heterocycles. The SMILES string of the molecule is O=C(CN1CCN(C2CCS(=O)(=O)C2)CC1)c1c(-c2ccc(F)cc2)[nH]c2ccccc12. The Hall–Kier alpha value is -2.55. The van der Waals surface area contributed by atoms with Gasteiger partial charge in [0.25, 0.3) is 0 Å². The number of nitrogens with one attached hydrogen (secondary N) is 1. The van der Waals surface area contributed by atoms with Crippen molar-refractivity contribution in [3.8, 4) is 11.3 Å². The van der Waals surface area contributed by atoms with E-state index in [1.807, 2.05) is 24.3 Å². The van der Waals surface area contributed by atoms with Crippen molar-refractivity contribution in [2.45, 2.75) is 12.5 Å². The number of rotatable bonds is 5. The van der Waals surface area contributed by atoms with E-state index in [0.29, 0.717) is 24.2 Å². The lowest BCUT2D eigenvalue weighted by atomic mass is 10.0. The van der Waals surface area contributed by atoms with Gasteiger partial charge in [0.15, 0.2) is 15.6 Å². The quantitative estimate of drug-likeness (QED) is 0.599. The van der Waals surface area contributed by atoms with Gasteiger partial charge in [-0.1, -0.05) is 18.2 Å². The molecule has 1 unspecified atom stereocenters. The van der Waals surface area contributed by atoms with E-state index in [1.165, 1.54) is 12.1 Å². The van der Waals surface area contributed by atoms with Crippen LogP contribution in [-0.2, 0) is 9.84 Å². The Labute approximate surface area is 186 Å². The lowest BCUT2D eigenvalue weighted by molar-refractivity contribution is 0.0798. The van der Waals surface area contributed by atoms with Gasteiger partial charge in [-0.15, -0.1) is 0 Å². The summed E-state index contributed by atoms with van der Waals surface area (Å²) in [6.07, 6.45) is 0.706. The average Bonchev–Trinajstić information content (AvgIpc) is 3.35. The largest absolute Gasteiger partial charge is 0.354 e. The summed E-state index contributed by atoms with van der Waals surface area (Å²) in [7, 11) is -2.90. The predicted octanol–water partition coefficient (Wildman–Crippen LogP) is 2.96. The highest BCUT2D eigenvalue weighted by atomic mass is 32.2. The number of ketones is 1. The molecule has 1 atom stereocenters. The molecule has 0 saturated carbocycles. The Morgan fingerprint density at radius 1 is 1.03 bits per heavy atom. The monoisotopic (exact) mass is 455 g/mol. The standard InChI is InChI=1S/C24H26FN3O3S/c25-18-7-5-17(6-8-18)24-23(20-3-1-2-4-21(20)26-24)22(29)15-27-10-12-28(13-11-27)19-9-14-32(30,31)16-19/h1-8,19,26H,9-16H2. The van der Waals surface area contributed by atoms with E-state index >= 15 is 0 Å². The molecule has 32 heavy (non-hydrogen) atoms. The van der Waals surface area contributed by atoms with E-state index < -0.39 is 9.84 Å². The fraction of sp³-hybridized carbons (Fsp3) is 0.375. The number of H-pyrrole nitrogens is 1. The molecule has 0 bridgehead atoms. The highest BCUT2D eigenvalue weighted by Crippen LogP contribution is 2.31. The molecule has 0 amide bonds. The molecular formula is C24H26FN3O3S. The fourth-order valence-electron chi connectivity index (χ4n) is 4.90. The summed E-state index contributed by atoms with van der Waals surface area (Å²) in [4.78, 5) is 21.2. The molecule has 2 fully saturated rings. The molecule has 8 heteroatoms. The maximum atomic E-state index is 13.4. The van der Waals surface area contributed by atoms with Crippen molar-refractivity contribution < 1.29 is 17.6 Å². The van der Waals surface area contributed by atoms with Crippen LogP contribution in [0.15, 0.2) is 48.5 Å². The summed E-state index contributed by atoms with van der Waals surface area (Å²) in [5, 5.41) is 0.867. The van der Waals surface area contributed by atoms with Crippen LogP contribution in [-0.4, -0.2) is 79.3 Å². The number of hydrogen-bond acceptors (Lipinski definition) is 5. The first-order chi connectivity index (χ1) is 15.4. The zero-order chi connectivity index (χ0) is 22.3. The van der Waals surface area contributed by atoms with Crippen molar-refractivity contribution in [1.29, 1.82) is 0 Å². The van der Waals surface area contributed by atoms with Crippen LogP contribution in [0.25, 0.3) is 22.2 Å².